The summed E-state index contributed by atoms with van der Waals surface area (Å²) < 4.78 is 0. The van der Waals surface area contributed by atoms with Gasteiger partial charge in [-0.05, 0) is 57.1 Å². The van der Waals surface area contributed by atoms with E-state index in [0.29, 0.717) is 12.1 Å². The Labute approximate surface area is 109 Å². The van der Waals surface area contributed by atoms with Crippen molar-refractivity contribution in [3.8, 4) is 0 Å². The summed E-state index contributed by atoms with van der Waals surface area (Å²) in [6.45, 7) is 3.27. The number of halogens is 1. The number of nitrogens with one attached hydrogen (secondary N) is 1. The molecular weight excluding hydrogens is 232 g/mol. The molecule has 3 heteroatoms. The van der Waals surface area contributed by atoms with E-state index in [0.717, 1.165) is 18.0 Å². The molecule has 2 rings (SSSR count). The molecule has 0 heterocycles. The summed E-state index contributed by atoms with van der Waals surface area (Å²) >= 11 is 6.01. The molecule has 0 aromatic heterocycles. The van der Waals surface area contributed by atoms with E-state index in [-0.39, 0.29) is 0 Å². The van der Waals surface area contributed by atoms with Crippen LogP contribution >= 0.6 is 11.6 Å². The minimum Gasteiger partial charge on any atom is -0.308 e. The minimum absolute atomic E-state index is 0.504. The predicted octanol–water partition coefficient (Wildman–Crippen LogP) is 2.87. The molecule has 0 saturated carbocycles. The molecule has 0 spiro atoms. The fourth-order valence-electron chi connectivity index (χ4n) is 2.29. The Morgan fingerprint density at radius 1 is 1.47 bits per heavy atom. The van der Waals surface area contributed by atoms with Gasteiger partial charge in [-0.2, -0.15) is 0 Å². The van der Waals surface area contributed by atoms with E-state index < -0.39 is 0 Å². The van der Waals surface area contributed by atoms with Crippen LogP contribution in [0.5, 0.6) is 0 Å². The highest BCUT2D eigenvalue weighted by Crippen LogP contribution is 2.32. The van der Waals surface area contributed by atoms with Gasteiger partial charge in [-0.1, -0.05) is 17.7 Å². The molecule has 1 aromatic rings. The van der Waals surface area contributed by atoms with Crippen LogP contribution in [-0.4, -0.2) is 31.6 Å². The molecular formula is C14H21ClN2. The lowest BCUT2D eigenvalue weighted by Gasteiger charge is -2.23. The Morgan fingerprint density at radius 3 is 2.94 bits per heavy atom. The summed E-state index contributed by atoms with van der Waals surface area (Å²) in [6, 6.07) is 7.34. The van der Waals surface area contributed by atoms with Crippen LogP contribution in [0.1, 0.15) is 30.5 Å². The van der Waals surface area contributed by atoms with Crippen molar-refractivity contribution >= 4 is 11.6 Å². The first kappa shape index (κ1) is 12.9. The molecule has 0 aliphatic heterocycles. The highest BCUT2D eigenvalue weighted by Gasteiger charge is 2.22. The largest absolute Gasteiger partial charge is 0.308 e. The first-order valence-electron chi connectivity index (χ1n) is 6.26. The molecule has 2 atom stereocenters. The summed E-state index contributed by atoms with van der Waals surface area (Å²) in [7, 11) is 4.24. The lowest BCUT2D eigenvalue weighted by Crippen LogP contribution is -2.36. The first-order chi connectivity index (χ1) is 8.08. The molecule has 2 unspecified atom stereocenters. The highest BCUT2D eigenvalue weighted by molar-refractivity contribution is 6.30. The maximum Gasteiger partial charge on any atom is 0.0408 e. The fourth-order valence-corrected chi connectivity index (χ4v) is 2.49. The first-order valence-corrected chi connectivity index (χ1v) is 6.64. The lowest BCUT2D eigenvalue weighted by molar-refractivity contribution is 0.293. The molecule has 1 aliphatic rings. The van der Waals surface area contributed by atoms with E-state index in [2.05, 4.69) is 43.4 Å². The van der Waals surface area contributed by atoms with Crippen LogP contribution in [-0.2, 0) is 6.42 Å². The fraction of sp³-hybridized carbons (Fsp3) is 0.571. The van der Waals surface area contributed by atoms with Crippen LogP contribution in [0, 0.1) is 0 Å². The van der Waals surface area contributed by atoms with E-state index in [9.17, 15) is 0 Å². The second-order valence-corrected chi connectivity index (χ2v) is 5.59. The molecule has 0 radical (unpaired) electrons. The van der Waals surface area contributed by atoms with E-state index in [1.807, 2.05) is 6.07 Å². The van der Waals surface area contributed by atoms with Crippen molar-refractivity contribution in [3.05, 3.63) is 34.3 Å². The molecule has 0 fully saturated rings. The SMILES string of the molecule is CC(CNC1CCc2cc(Cl)ccc21)N(C)C. The number of aryl methyl sites for hydroxylation is 1. The minimum atomic E-state index is 0.504. The van der Waals surface area contributed by atoms with Crippen molar-refractivity contribution in [2.45, 2.75) is 31.8 Å². The highest BCUT2D eigenvalue weighted by atomic mass is 35.5. The van der Waals surface area contributed by atoms with E-state index in [1.165, 1.54) is 17.5 Å². The number of likely N-dealkylation sites (N-methyl/N-ethyl adjacent to an activating group) is 1. The molecule has 0 saturated heterocycles. The zero-order chi connectivity index (χ0) is 12.4. The third-order valence-electron chi connectivity index (χ3n) is 3.72. The summed E-state index contributed by atoms with van der Waals surface area (Å²) in [6.07, 6.45) is 2.33. The van der Waals surface area contributed by atoms with Crippen LogP contribution in [0.2, 0.25) is 5.02 Å². The van der Waals surface area contributed by atoms with Crippen LogP contribution in [0.15, 0.2) is 18.2 Å². The Bertz CT molecular complexity index is 390. The van der Waals surface area contributed by atoms with Crippen LogP contribution in [0.4, 0.5) is 0 Å². The monoisotopic (exact) mass is 252 g/mol. The number of hydrogen-bond donors (Lipinski definition) is 1. The van der Waals surface area contributed by atoms with Crippen molar-refractivity contribution in [2.24, 2.45) is 0 Å². The predicted molar refractivity (Wildman–Crippen MR) is 73.7 cm³/mol. The van der Waals surface area contributed by atoms with Gasteiger partial charge in [0.2, 0.25) is 0 Å². The molecule has 1 aromatic carbocycles. The topological polar surface area (TPSA) is 15.3 Å². The van der Waals surface area contributed by atoms with Gasteiger partial charge < -0.3 is 10.2 Å². The number of fused-ring (bicyclic) bond motifs is 1. The van der Waals surface area contributed by atoms with Crippen molar-refractivity contribution in [2.75, 3.05) is 20.6 Å². The second kappa shape index (κ2) is 5.38. The van der Waals surface area contributed by atoms with Gasteiger partial charge in [-0.3, -0.25) is 0 Å². The van der Waals surface area contributed by atoms with Crippen molar-refractivity contribution < 1.29 is 0 Å². The van der Waals surface area contributed by atoms with E-state index in [1.54, 1.807) is 0 Å². The quantitative estimate of drug-likeness (QED) is 0.887. The van der Waals surface area contributed by atoms with Crippen LogP contribution in [0.3, 0.4) is 0 Å². The summed E-state index contributed by atoms with van der Waals surface area (Å²) in [5, 5.41) is 4.51. The smallest absolute Gasteiger partial charge is 0.0408 e. The maximum absolute atomic E-state index is 6.01. The third kappa shape index (κ3) is 3.01. The van der Waals surface area contributed by atoms with Crippen molar-refractivity contribution in [3.63, 3.8) is 0 Å². The molecule has 1 N–H and O–H groups in total. The molecule has 1 aliphatic carbocycles. The van der Waals surface area contributed by atoms with Crippen LogP contribution < -0.4 is 5.32 Å². The number of nitrogens with zero attached hydrogens (tertiary/aromatic N) is 1. The standard InChI is InChI=1S/C14H21ClN2/c1-10(17(2)3)9-16-14-7-4-11-8-12(15)5-6-13(11)14/h5-6,8,10,14,16H,4,7,9H2,1-3H3. The second-order valence-electron chi connectivity index (χ2n) is 5.16. The average molecular weight is 253 g/mol. The Kier molecular flexibility index (Phi) is 4.08. The van der Waals surface area contributed by atoms with Crippen molar-refractivity contribution in [1.29, 1.82) is 0 Å². The van der Waals surface area contributed by atoms with Crippen molar-refractivity contribution in [1.82, 2.24) is 10.2 Å². The molecule has 0 amide bonds. The number of rotatable bonds is 4. The molecule has 17 heavy (non-hydrogen) atoms. The number of benzene rings is 1. The van der Waals surface area contributed by atoms with Gasteiger partial charge in [-0.15, -0.1) is 0 Å². The Balaban J connectivity index is 1.98. The van der Waals surface area contributed by atoms with Gasteiger partial charge >= 0.3 is 0 Å². The van der Waals surface area contributed by atoms with Gasteiger partial charge in [0.05, 0.1) is 0 Å². The molecule has 2 nitrogen and oxygen atoms in total. The summed E-state index contributed by atoms with van der Waals surface area (Å²) in [5.74, 6) is 0. The Hall–Kier alpha value is -0.570. The summed E-state index contributed by atoms with van der Waals surface area (Å²) in [5.41, 5.74) is 2.84. The van der Waals surface area contributed by atoms with Gasteiger partial charge in [0.1, 0.15) is 0 Å². The summed E-state index contributed by atoms with van der Waals surface area (Å²) in [4.78, 5) is 2.24. The van der Waals surface area contributed by atoms with E-state index in [4.69, 9.17) is 11.6 Å². The lowest BCUT2D eigenvalue weighted by atomic mass is 10.1. The van der Waals surface area contributed by atoms with Crippen LogP contribution in [0.25, 0.3) is 0 Å². The zero-order valence-electron chi connectivity index (χ0n) is 10.8. The van der Waals surface area contributed by atoms with E-state index >= 15 is 0 Å². The maximum atomic E-state index is 6.01. The van der Waals surface area contributed by atoms with Gasteiger partial charge in [0.15, 0.2) is 0 Å². The molecule has 0 bridgehead atoms. The average Bonchev–Trinajstić information content (AvgIpc) is 2.67. The number of hydrogen-bond acceptors (Lipinski definition) is 2. The van der Waals surface area contributed by atoms with Gasteiger partial charge in [-0.25, -0.2) is 0 Å². The molecule has 94 valence electrons. The van der Waals surface area contributed by atoms with Gasteiger partial charge in [0.25, 0.3) is 0 Å². The zero-order valence-corrected chi connectivity index (χ0v) is 11.6. The normalized spacial score (nSPS) is 20.6. The third-order valence-corrected chi connectivity index (χ3v) is 3.96. The Morgan fingerprint density at radius 2 is 2.24 bits per heavy atom. The van der Waals surface area contributed by atoms with Gasteiger partial charge in [0, 0.05) is 23.7 Å².